The highest BCUT2D eigenvalue weighted by Gasteiger charge is 2.34. The van der Waals surface area contributed by atoms with E-state index < -0.39 is 0 Å². The summed E-state index contributed by atoms with van der Waals surface area (Å²) in [7, 11) is 0. The summed E-state index contributed by atoms with van der Waals surface area (Å²) in [6.45, 7) is 6.21. The number of rotatable bonds is 9. The Kier molecular flexibility index (Phi) is 7.12. The van der Waals surface area contributed by atoms with Crippen molar-refractivity contribution < 1.29 is 9.59 Å². The second kappa shape index (κ2) is 10.2. The third kappa shape index (κ3) is 5.11. The molecule has 1 aliphatic rings. The van der Waals surface area contributed by atoms with Crippen LogP contribution in [0, 0.1) is 12.8 Å². The van der Waals surface area contributed by atoms with Gasteiger partial charge in [-0.15, -0.1) is 0 Å². The SMILES string of the molecule is CCCNc1nc(SC)nc2c1cnn2CCNC(=O)C1CC(=O)N(c2ccc(C)cc2)C1. The smallest absolute Gasteiger partial charge is 0.227 e. The standard InChI is InChI=1S/C23H29N7O2S/c1-4-9-24-20-18-13-26-30(21(18)28-23(27-20)33-3)11-10-25-22(32)16-12-19(31)29(14-16)17-7-5-15(2)6-8-17/h5-8,13,16H,4,9-12,14H2,1-3H3,(H,25,32)(H,24,27,28). The van der Waals surface area contributed by atoms with E-state index >= 15 is 0 Å². The molecule has 1 fully saturated rings. The normalized spacial score (nSPS) is 15.9. The first-order chi connectivity index (χ1) is 16.0. The molecule has 1 aromatic carbocycles. The van der Waals surface area contributed by atoms with Gasteiger partial charge in [-0.05, 0) is 31.7 Å². The molecule has 0 aliphatic carbocycles. The Morgan fingerprint density at radius 2 is 2.00 bits per heavy atom. The number of aryl methyl sites for hydroxylation is 1. The number of fused-ring (bicyclic) bond motifs is 1. The van der Waals surface area contributed by atoms with Crippen LogP contribution in [-0.2, 0) is 16.1 Å². The van der Waals surface area contributed by atoms with Crippen LogP contribution in [0.3, 0.4) is 0 Å². The minimum Gasteiger partial charge on any atom is -0.369 e. The van der Waals surface area contributed by atoms with E-state index in [0.717, 1.165) is 41.1 Å². The molecule has 1 atom stereocenters. The van der Waals surface area contributed by atoms with Gasteiger partial charge in [0.05, 0.1) is 24.0 Å². The lowest BCUT2D eigenvalue weighted by Crippen LogP contribution is -2.35. The summed E-state index contributed by atoms with van der Waals surface area (Å²) in [5, 5.41) is 12.3. The van der Waals surface area contributed by atoms with Crippen LogP contribution in [0.15, 0.2) is 35.6 Å². The van der Waals surface area contributed by atoms with E-state index in [1.807, 2.05) is 37.4 Å². The first kappa shape index (κ1) is 23.0. The Bertz CT molecular complexity index is 1150. The molecule has 0 saturated carbocycles. The second-order valence-electron chi connectivity index (χ2n) is 8.12. The fourth-order valence-electron chi connectivity index (χ4n) is 3.86. The van der Waals surface area contributed by atoms with Crippen molar-refractivity contribution in [1.29, 1.82) is 0 Å². The Morgan fingerprint density at radius 3 is 2.73 bits per heavy atom. The second-order valence-corrected chi connectivity index (χ2v) is 8.90. The van der Waals surface area contributed by atoms with Gasteiger partial charge >= 0.3 is 0 Å². The summed E-state index contributed by atoms with van der Waals surface area (Å²) in [5.41, 5.74) is 2.71. The molecule has 1 aliphatic heterocycles. The van der Waals surface area contributed by atoms with Crippen LogP contribution in [0.1, 0.15) is 25.3 Å². The highest BCUT2D eigenvalue weighted by Crippen LogP contribution is 2.26. The van der Waals surface area contributed by atoms with E-state index in [-0.39, 0.29) is 24.2 Å². The van der Waals surface area contributed by atoms with Gasteiger partial charge < -0.3 is 15.5 Å². The number of anilines is 2. The molecular weight excluding hydrogens is 438 g/mol. The van der Waals surface area contributed by atoms with Crippen molar-refractivity contribution in [2.75, 3.05) is 36.1 Å². The van der Waals surface area contributed by atoms with Crippen LogP contribution in [0.25, 0.3) is 11.0 Å². The molecule has 0 spiro atoms. The molecule has 1 saturated heterocycles. The molecule has 2 amide bonds. The van der Waals surface area contributed by atoms with E-state index in [2.05, 4.69) is 32.6 Å². The molecule has 10 heteroatoms. The molecule has 9 nitrogen and oxygen atoms in total. The third-order valence-electron chi connectivity index (χ3n) is 5.67. The summed E-state index contributed by atoms with van der Waals surface area (Å²) in [5.74, 6) is 0.287. The summed E-state index contributed by atoms with van der Waals surface area (Å²) < 4.78 is 1.78. The Balaban J connectivity index is 1.38. The molecule has 0 bridgehead atoms. The maximum absolute atomic E-state index is 12.7. The van der Waals surface area contributed by atoms with Gasteiger partial charge in [0.2, 0.25) is 11.8 Å². The van der Waals surface area contributed by atoms with Gasteiger partial charge in [-0.1, -0.05) is 36.4 Å². The predicted molar refractivity (Wildman–Crippen MR) is 131 cm³/mol. The summed E-state index contributed by atoms with van der Waals surface area (Å²) in [6.07, 6.45) is 4.91. The largest absolute Gasteiger partial charge is 0.369 e. The number of hydrogen-bond acceptors (Lipinski definition) is 7. The van der Waals surface area contributed by atoms with E-state index in [1.165, 1.54) is 11.8 Å². The molecule has 1 unspecified atom stereocenters. The van der Waals surface area contributed by atoms with Gasteiger partial charge in [0.25, 0.3) is 0 Å². The Hall–Kier alpha value is -3.14. The molecule has 2 aromatic heterocycles. The van der Waals surface area contributed by atoms with E-state index in [1.54, 1.807) is 15.8 Å². The summed E-state index contributed by atoms with van der Waals surface area (Å²) >= 11 is 1.48. The number of thioether (sulfide) groups is 1. The summed E-state index contributed by atoms with van der Waals surface area (Å²) in [4.78, 5) is 36.0. The van der Waals surface area contributed by atoms with Crippen molar-refractivity contribution >= 4 is 46.1 Å². The summed E-state index contributed by atoms with van der Waals surface area (Å²) in [6, 6.07) is 7.79. The van der Waals surface area contributed by atoms with Gasteiger partial charge in [-0.25, -0.2) is 14.6 Å². The Labute approximate surface area is 197 Å². The van der Waals surface area contributed by atoms with Crippen LogP contribution < -0.4 is 15.5 Å². The molecule has 0 radical (unpaired) electrons. The molecule has 4 rings (SSSR count). The van der Waals surface area contributed by atoms with Crippen molar-refractivity contribution in [3.8, 4) is 0 Å². The van der Waals surface area contributed by atoms with Crippen LogP contribution in [0.4, 0.5) is 11.5 Å². The van der Waals surface area contributed by atoms with Gasteiger partial charge in [0, 0.05) is 31.7 Å². The number of hydrogen-bond donors (Lipinski definition) is 2. The number of nitrogens with one attached hydrogen (secondary N) is 2. The van der Waals surface area contributed by atoms with Gasteiger partial charge in [0.1, 0.15) is 5.82 Å². The van der Waals surface area contributed by atoms with Crippen LogP contribution in [0.2, 0.25) is 0 Å². The van der Waals surface area contributed by atoms with Crippen LogP contribution >= 0.6 is 11.8 Å². The van der Waals surface area contributed by atoms with Crippen LogP contribution in [0.5, 0.6) is 0 Å². The molecule has 174 valence electrons. The average molecular weight is 468 g/mol. The molecule has 3 heterocycles. The van der Waals surface area contributed by atoms with Gasteiger partial charge in [0.15, 0.2) is 10.8 Å². The van der Waals surface area contributed by atoms with Crippen molar-refractivity contribution in [3.05, 3.63) is 36.0 Å². The maximum atomic E-state index is 12.7. The van der Waals surface area contributed by atoms with Crippen LogP contribution in [-0.4, -0.2) is 57.5 Å². The number of amides is 2. The molecule has 2 N–H and O–H groups in total. The van der Waals surface area contributed by atoms with Crippen molar-refractivity contribution in [2.45, 2.75) is 38.4 Å². The van der Waals surface area contributed by atoms with E-state index in [9.17, 15) is 9.59 Å². The van der Waals surface area contributed by atoms with Crippen molar-refractivity contribution in [1.82, 2.24) is 25.1 Å². The monoisotopic (exact) mass is 467 g/mol. The number of nitrogens with zero attached hydrogens (tertiary/aromatic N) is 5. The van der Waals surface area contributed by atoms with Crippen molar-refractivity contribution in [2.24, 2.45) is 5.92 Å². The first-order valence-corrected chi connectivity index (χ1v) is 12.4. The predicted octanol–water partition coefficient (Wildman–Crippen LogP) is 2.85. The quantitative estimate of drug-likeness (QED) is 0.368. The minimum absolute atomic E-state index is 0.0227. The number of aromatic nitrogens is 4. The van der Waals surface area contributed by atoms with E-state index in [0.29, 0.717) is 24.8 Å². The number of benzene rings is 1. The fraction of sp³-hybridized carbons (Fsp3) is 0.435. The van der Waals surface area contributed by atoms with E-state index in [4.69, 9.17) is 0 Å². The third-order valence-corrected chi connectivity index (χ3v) is 6.21. The number of carbonyl (C=O) groups is 2. The molecule has 3 aromatic rings. The number of carbonyl (C=O) groups excluding carboxylic acids is 2. The molecule has 33 heavy (non-hydrogen) atoms. The maximum Gasteiger partial charge on any atom is 0.227 e. The lowest BCUT2D eigenvalue weighted by molar-refractivity contribution is -0.126. The topological polar surface area (TPSA) is 105 Å². The lowest BCUT2D eigenvalue weighted by Gasteiger charge is -2.17. The van der Waals surface area contributed by atoms with Crippen molar-refractivity contribution in [3.63, 3.8) is 0 Å². The van der Waals surface area contributed by atoms with Gasteiger partial charge in [-0.2, -0.15) is 5.10 Å². The van der Waals surface area contributed by atoms with Gasteiger partial charge in [-0.3, -0.25) is 9.59 Å². The zero-order valence-corrected chi connectivity index (χ0v) is 20.0. The zero-order chi connectivity index (χ0) is 23.4. The highest BCUT2D eigenvalue weighted by molar-refractivity contribution is 7.98. The lowest BCUT2D eigenvalue weighted by atomic mass is 10.1. The zero-order valence-electron chi connectivity index (χ0n) is 19.2. The highest BCUT2D eigenvalue weighted by atomic mass is 32.2. The molecular formula is C23H29N7O2S. The fourth-order valence-corrected chi connectivity index (χ4v) is 4.22. The first-order valence-electron chi connectivity index (χ1n) is 11.2. The minimum atomic E-state index is -0.358. The average Bonchev–Trinajstić information content (AvgIpc) is 3.41. The Morgan fingerprint density at radius 1 is 1.21 bits per heavy atom.